The predicted octanol–water partition coefficient (Wildman–Crippen LogP) is 4.88. The highest BCUT2D eigenvalue weighted by atomic mass is 32.2. The molecule has 4 rings (SSSR count). The number of aromatic nitrogens is 2. The van der Waals surface area contributed by atoms with Crippen molar-refractivity contribution < 1.29 is 18.0 Å². The van der Waals surface area contributed by atoms with E-state index in [2.05, 4.69) is 15.0 Å². The van der Waals surface area contributed by atoms with Crippen molar-refractivity contribution in [1.29, 1.82) is 0 Å². The van der Waals surface area contributed by atoms with Gasteiger partial charge in [0.05, 0.1) is 28.7 Å². The number of benzene rings is 2. The lowest BCUT2D eigenvalue weighted by atomic mass is 10.0. The van der Waals surface area contributed by atoms with Crippen molar-refractivity contribution in [3.63, 3.8) is 0 Å². The third kappa shape index (κ3) is 5.76. The number of fused-ring (bicyclic) bond motifs is 1. The Balaban J connectivity index is 1.54. The molecule has 0 spiro atoms. The van der Waals surface area contributed by atoms with Crippen LogP contribution in [0.2, 0.25) is 0 Å². The number of rotatable bonds is 6. The molecule has 0 unspecified atom stereocenters. The highest BCUT2D eigenvalue weighted by Crippen LogP contribution is 2.34. The fourth-order valence-corrected chi connectivity index (χ4v) is 4.63. The molecule has 10 heteroatoms. The smallest absolute Gasteiger partial charge is 0.353 e. The summed E-state index contributed by atoms with van der Waals surface area (Å²) in [5.74, 6) is -0.281. The Bertz CT molecular complexity index is 1330. The maximum Gasteiger partial charge on any atom is 0.416 e. The standard InChI is InChI=1S/C25H26F3N5OS/c1-16-5-7-18(20(11-16)25(26,27)28)15-33-21-8-6-17(12-19(21)14-29-33)13-22-23(34)30-24(35-22)32(4)10-9-31(2)3/h5-8,11-14H,9-10,15H2,1-4H3/b22-13-. The number of halogens is 3. The lowest BCUT2D eigenvalue weighted by molar-refractivity contribution is -0.138. The first-order valence-electron chi connectivity index (χ1n) is 11.0. The molecule has 1 aliphatic heterocycles. The number of likely N-dealkylation sites (N-methyl/N-ethyl adjacent to an activating group) is 2. The van der Waals surface area contributed by atoms with E-state index in [0.717, 1.165) is 30.1 Å². The summed E-state index contributed by atoms with van der Waals surface area (Å²) >= 11 is 1.33. The second kappa shape index (κ2) is 9.87. The first-order valence-corrected chi connectivity index (χ1v) is 11.8. The molecule has 1 aromatic heterocycles. The summed E-state index contributed by atoms with van der Waals surface area (Å²) in [7, 11) is 5.88. The van der Waals surface area contributed by atoms with Gasteiger partial charge in [0.1, 0.15) is 0 Å². The van der Waals surface area contributed by atoms with Gasteiger partial charge in [0.15, 0.2) is 5.17 Å². The van der Waals surface area contributed by atoms with Crippen molar-refractivity contribution in [2.45, 2.75) is 19.6 Å². The minimum Gasteiger partial charge on any atom is -0.353 e. The van der Waals surface area contributed by atoms with E-state index >= 15 is 0 Å². The SMILES string of the molecule is Cc1ccc(Cn2ncc3cc(/C=C4\SC(N(C)CCN(C)C)=NC4=O)ccc32)c(C(F)(F)F)c1. The number of nitrogens with zero attached hydrogens (tertiary/aromatic N) is 5. The van der Waals surface area contributed by atoms with E-state index < -0.39 is 11.7 Å². The van der Waals surface area contributed by atoms with Crippen molar-refractivity contribution in [2.24, 2.45) is 4.99 Å². The number of alkyl halides is 3. The van der Waals surface area contributed by atoms with Crippen LogP contribution < -0.4 is 0 Å². The number of carbonyl (C=O) groups is 1. The zero-order valence-electron chi connectivity index (χ0n) is 19.9. The van der Waals surface area contributed by atoms with Crippen molar-refractivity contribution in [1.82, 2.24) is 19.6 Å². The minimum atomic E-state index is -4.43. The van der Waals surface area contributed by atoms with Crippen molar-refractivity contribution >= 4 is 39.8 Å². The van der Waals surface area contributed by atoms with Gasteiger partial charge in [0.25, 0.3) is 5.91 Å². The molecule has 0 saturated heterocycles. The van der Waals surface area contributed by atoms with E-state index in [1.165, 1.54) is 17.8 Å². The first-order chi connectivity index (χ1) is 16.5. The molecule has 1 aliphatic rings. The molecule has 2 heterocycles. The van der Waals surface area contributed by atoms with Gasteiger partial charge in [-0.3, -0.25) is 9.48 Å². The Labute approximate surface area is 206 Å². The first kappa shape index (κ1) is 25.0. The Morgan fingerprint density at radius 3 is 2.57 bits per heavy atom. The molecular formula is C25H26F3N5OS. The molecule has 0 saturated carbocycles. The second-order valence-corrected chi connectivity index (χ2v) is 9.82. The monoisotopic (exact) mass is 501 g/mol. The molecular weight excluding hydrogens is 475 g/mol. The summed E-state index contributed by atoms with van der Waals surface area (Å²) in [5.41, 5.74) is 1.58. The topological polar surface area (TPSA) is 53.7 Å². The number of hydrogen-bond donors (Lipinski definition) is 0. The zero-order chi connectivity index (χ0) is 25.3. The van der Waals surface area contributed by atoms with E-state index in [4.69, 9.17) is 0 Å². The van der Waals surface area contributed by atoms with Crippen LogP contribution in [0.5, 0.6) is 0 Å². The van der Waals surface area contributed by atoms with Crippen LogP contribution in [0, 0.1) is 6.92 Å². The average Bonchev–Trinajstić information content (AvgIpc) is 3.35. The van der Waals surface area contributed by atoms with Crippen LogP contribution >= 0.6 is 11.8 Å². The summed E-state index contributed by atoms with van der Waals surface area (Å²) in [6, 6.07) is 9.84. The molecule has 3 aromatic rings. The van der Waals surface area contributed by atoms with Gasteiger partial charge in [-0.15, -0.1) is 0 Å². The molecule has 0 atom stereocenters. The number of aryl methyl sites for hydroxylation is 1. The molecule has 0 aliphatic carbocycles. The summed E-state index contributed by atoms with van der Waals surface area (Å²) in [6.45, 7) is 3.24. The zero-order valence-corrected chi connectivity index (χ0v) is 20.7. The highest BCUT2D eigenvalue weighted by molar-refractivity contribution is 8.18. The lowest BCUT2D eigenvalue weighted by Crippen LogP contribution is -2.31. The summed E-state index contributed by atoms with van der Waals surface area (Å²) in [4.78, 5) is 21.1. The predicted molar refractivity (Wildman–Crippen MR) is 134 cm³/mol. The number of amides is 1. The number of carbonyl (C=O) groups excluding carboxylic acids is 1. The van der Waals surface area contributed by atoms with Crippen molar-refractivity contribution in [3.05, 3.63) is 69.8 Å². The summed E-state index contributed by atoms with van der Waals surface area (Å²) in [5, 5.41) is 5.76. The third-order valence-corrected chi connectivity index (χ3v) is 6.77. The number of amidine groups is 1. The van der Waals surface area contributed by atoms with Gasteiger partial charge in [-0.05, 0) is 68.2 Å². The number of aliphatic imine (C=N–C) groups is 1. The minimum absolute atomic E-state index is 0.00385. The van der Waals surface area contributed by atoms with E-state index in [9.17, 15) is 18.0 Å². The van der Waals surface area contributed by atoms with E-state index in [0.29, 0.717) is 21.2 Å². The van der Waals surface area contributed by atoms with Gasteiger partial charge in [-0.2, -0.15) is 23.3 Å². The third-order valence-electron chi connectivity index (χ3n) is 5.67. The van der Waals surface area contributed by atoms with Crippen LogP contribution in [0.3, 0.4) is 0 Å². The highest BCUT2D eigenvalue weighted by Gasteiger charge is 2.33. The van der Waals surface area contributed by atoms with Crippen LogP contribution in [0.25, 0.3) is 17.0 Å². The lowest BCUT2D eigenvalue weighted by Gasteiger charge is -2.19. The Morgan fingerprint density at radius 2 is 1.86 bits per heavy atom. The normalized spacial score (nSPS) is 15.5. The molecule has 2 aromatic carbocycles. The molecule has 0 fully saturated rings. The molecule has 1 amide bonds. The summed E-state index contributed by atoms with van der Waals surface area (Å²) in [6.07, 6.45) is -1.03. The van der Waals surface area contributed by atoms with Gasteiger partial charge in [0, 0.05) is 25.5 Å². The maximum absolute atomic E-state index is 13.5. The fraction of sp³-hybridized carbons (Fsp3) is 0.320. The fourth-order valence-electron chi connectivity index (χ4n) is 3.73. The Morgan fingerprint density at radius 1 is 1.09 bits per heavy atom. The van der Waals surface area contributed by atoms with Gasteiger partial charge < -0.3 is 9.80 Å². The molecule has 0 radical (unpaired) electrons. The molecule has 6 nitrogen and oxygen atoms in total. The van der Waals surface area contributed by atoms with Crippen LogP contribution in [0.1, 0.15) is 22.3 Å². The summed E-state index contributed by atoms with van der Waals surface area (Å²) < 4.78 is 42.1. The maximum atomic E-state index is 13.5. The van der Waals surface area contributed by atoms with Gasteiger partial charge in [0.2, 0.25) is 0 Å². The van der Waals surface area contributed by atoms with Gasteiger partial charge >= 0.3 is 6.18 Å². The molecule has 35 heavy (non-hydrogen) atoms. The van der Waals surface area contributed by atoms with Gasteiger partial charge in [-0.25, -0.2) is 0 Å². The van der Waals surface area contributed by atoms with E-state index in [-0.39, 0.29) is 18.0 Å². The van der Waals surface area contributed by atoms with Crippen molar-refractivity contribution in [2.75, 3.05) is 34.2 Å². The van der Waals surface area contributed by atoms with E-state index in [1.807, 2.05) is 44.2 Å². The largest absolute Gasteiger partial charge is 0.416 e. The van der Waals surface area contributed by atoms with Crippen LogP contribution in [-0.2, 0) is 17.5 Å². The van der Waals surface area contributed by atoms with Crippen LogP contribution in [-0.4, -0.2) is 64.9 Å². The van der Waals surface area contributed by atoms with E-state index in [1.54, 1.807) is 29.9 Å². The number of hydrogen-bond acceptors (Lipinski definition) is 5. The quantitative estimate of drug-likeness (QED) is 0.451. The number of thioether (sulfide) groups is 1. The van der Waals surface area contributed by atoms with Gasteiger partial charge in [-0.1, -0.05) is 23.8 Å². The Kier molecular flexibility index (Phi) is 7.05. The molecule has 0 N–H and O–H groups in total. The Hall–Kier alpha value is -3.11. The molecule has 184 valence electrons. The van der Waals surface area contributed by atoms with Crippen LogP contribution in [0.15, 0.2) is 52.5 Å². The molecule has 0 bridgehead atoms. The second-order valence-electron chi connectivity index (χ2n) is 8.81. The average molecular weight is 502 g/mol. The van der Waals surface area contributed by atoms with Crippen molar-refractivity contribution in [3.8, 4) is 0 Å². The van der Waals surface area contributed by atoms with Crippen LogP contribution in [0.4, 0.5) is 13.2 Å².